The van der Waals surface area contributed by atoms with Crippen LogP contribution in [0, 0.1) is 28.8 Å². The fourth-order valence-electron chi connectivity index (χ4n) is 1.79. The summed E-state index contributed by atoms with van der Waals surface area (Å²) in [6.07, 6.45) is 0.665. The second-order valence-electron chi connectivity index (χ2n) is 5.34. The predicted molar refractivity (Wildman–Crippen MR) is 77.1 cm³/mol. The third-order valence-electron chi connectivity index (χ3n) is 3.15. The second-order valence-corrected chi connectivity index (χ2v) is 7.35. The highest BCUT2D eigenvalue weighted by Crippen LogP contribution is 2.27. The van der Waals surface area contributed by atoms with Crippen LogP contribution >= 0.6 is 0 Å². The lowest BCUT2D eigenvalue weighted by Gasteiger charge is -2.19. The van der Waals surface area contributed by atoms with Gasteiger partial charge in [-0.1, -0.05) is 13.8 Å². The van der Waals surface area contributed by atoms with Crippen molar-refractivity contribution in [2.24, 2.45) is 5.92 Å². The monoisotopic (exact) mass is 318 g/mol. The van der Waals surface area contributed by atoms with Crippen LogP contribution in [0.3, 0.4) is 0 Å². The largest absolute Gasteiger partial charge is 0.306 e. The quantitative estimate of drug-likeness (QED) is 0.596. The van der Waals surface area contributed by atoms with Crippen LogP contribution in [-0.4, -0.2) is 31.2 Å². The molecule has 0 fully saturated rings. The Bertz CT molecular complexity index is 644. The first-order chi connectivity index (χ1) is 9.57. The van der Waals surface area contributed by atoms with Crippen LogP contribution < -0.4 is 0 Å². The number of nitro groups is 1. The predicted octanol–water partition coefficient (Wildman–Crippen LogP) is 2.71. The van der Waals surface area contributed by atoms with Crippen LogP contribution in [-0.2, 0) is 10.0 Å². The van der Waals surface area contributed by atoms with Crippen molar-refractivity contribution in [3.8, 4) is 0 Å². The summed E-state index contributed by atoms with van der Waals surface area (Å²) in [5.74, 6) is -0.715. The molecule has 1 aromatic carbocycles. The third-order valence-corrected chi connectivity index (χ3v) is 5.15. The van der Waals surface area contributed by atoms with E-state index in [1.807, 2.05) is 13.8 Å². The number of aryl methyl sites for hydroxylation is 1. The minimum Gasteiger partial charge on any atom is -0.258 e. The molecule has 21 heavy (non-hydrogen) atoms. The zero-order chi connectivity index (χ0) is 16.4. The Balaban J connectivity index is 3.25. The summed E-state index contributed by atoms with van der Waals surface area (Å²) < 4.78 is 39.5. The Morgan fingerprint density at radius 2 is 1.95 bits per heavy atom. The molecule has 0 unspecified atom stereocenters. The van der Waals surface area contributed by atoms with E-state index < -0.39 is 26.5 Å². The van der Waals surface area contributed by atoms with E-state index in [1.165, 1.54) is 14.0 Å². The van der Waals surface area contributed by atoms with Crippen molar-refractivity contribution in [3.05, 3.63) is 33.6 Å². The van der Waals surface area contributed by atoms with Crippen LogP contribution in [0.4, 0.5) is 10.1 Å². The van der Waals surface area contributed by atoms with Crippen LogP contribution in [0.2, 0.25) is 0 Å². The van der Waals surface area contributed by atoms with Crippen molar-refractivity contribution in [1.29, 1.82) is 0 Å². The summed E-state index contributed by atoms with van der Waals surface area (Å²) >= 11 is 0. The Morgan fingerprint density at radius 3 is 2.43 bits per heavy atom. The van der Waals surface area contributed by atoms with E-state index in [1.54, 1.807) is 0 Å². The summed E-state index contributed by atoms with van der Waals surface area (Å²) in [6, 6.07) is 1.66. The van der Waals surface area contributed by atoms with Gasteiger partial charge in [0.25, 0.3) is 0 Å². The summed E-state index contributed by atoms with van der Waals surface area (Å²) in [6.45, 7) is 5.64. The number of halogens is 1. The van der Waals surface area contributed by atoms with Crippen molar-refractivity contribution in [2.45, 2.75) is 32.1 Å². The van der Waals surface area contributed by atoms with Crippen LogP contribution in [0.15, 0.2) is 17.0 Å². The molecule has 0 atom stereocenters. The van der Waals surface area contributed by atoms with Gasteiger partial charge in [0.2, 0.25) is 15.8 Å². The standard InChI is InChI=1S/C13H19FN2O4S/c1-9(2)5-6-15(4)21(19,20)13-8-12(16(17)18)11(14)7-10(13)3/h7-9H,5-6H2,1-4H3. The van der Waals surface area contributed by atoms with E-state index in [4.69, 9.17) is 0 Å². The summed E-state index contributed by atoms with van der Waals surface area (Å²) in [5, 5.41) is 10.8. The van der Waals surface area contributed by atoms with Crippen molar-refractivity contribution in [1.82, 2.24) is 4.31 Å². The number of rotatable bonds is 6. The average Bonchev–Trinajstić information content (AvgIpc) is 2.34. The van der Waals surface area contributed by atoms with Crippen molar-refractivity contribution in [3.63, 3.8) is 0 Å². The zero-order valence-electron chi connectivity index (χ0n) is 12.5. The molecule has 0 spiro atoms. The first-order valence-electron chi connectivity index (χ1n) is 6.48. The molecular weight excluding hydrogens is 299 g/mol. The van der Waals surface area contributed by atoms with Gasteiger partial charge in [0.05, 0.1) is 9.82 Å². The minimum atomic E-state index is -3.88. The van der Waals surface area contributed by atoms with Gasteiger partial charge in [0.15, 0.2) is 0 Å². The van der Waals surface area contributed by atoms with Crippen LogP contribution in [0.5, 0.6) is 0 Å². The molecule has 0 saturated carbocycles. The van der Waals surface area contributed by atoms with E-state index in [0.717, 1.165) is 16.4 Å². The van der Waals surface area contributed by atoms with Gasteiger partial charge >= 0.3 is 5.69 Å². The highest BCUT2D eigenvalue weighted by Gasteiger charge is 2.27. The molecule has 1 rings (SSSR count). The molecule has 0 aromatic heterocycles. The Morgan fingerprint density at radius 1 is 1.38 bits per heavy atom. The van der Waals surface area contributed by atoms with Crippen molar-refractivity contribution < 1.29 is 17.7 Å². The van der Waals surface area contributed by atoms with Gasteiger partial charge in [-0.05, 0) is 30.9 Å². The molecule has 0 heterocycles. The highest BCUT2D eigenvalue weighted by atomic mass is 32.2. The van der Waals surface area contributed by atoms with Crippen molar-refractivity contribution in [2.75, 3.05) is 13.6 Å². The lowest BCUT2D eigenvalue weighted by atomic mass is 10.1. The average molecular weight is 318 g/mol. The van der Waals surface area contributed by atoms with Gasteiger partial charge in [-0.3, -0.25) is 10.1 Å². The second kappa shape index (κ2) is 6.48. The molecule has 0 amide bonds. The molecule has 1 aromatic rings. The molecule has 118 valence electrons. The van der Waals surface area contributed by atoms with Crippen molar-refractivity contribution >= 4 is 15.7 Å². The molecule has 0 bridgehead atoms. The number of hydrogen-bond acceptors (Lipinski definition) is 4. The molecule has 6 nitrogen and oxygen atoms in total. The first-order valence-corrected chi connectivity index (χ1v) is 7.92. The molecule has 0 radical (unpaired) electrons. The fourth-order valence-corrected chi connectivity index (χ4v) is 3.20. The maximum atomic E-state index is 13.5. The molecule has 0 N–H and O–H groups in total. The number of benzene rings is 1. The maximum absolute atomic E-state index is 13.5. The first kappa shape index (κ1) is 17.5. The minimum absolute atomic E-state index is 0.148. The third kappa shape index (κ3) is 3.98. The molecule has 0 aliphatic carbocycles. The Hall–Kier alpha value is -1.54. The van der Waals surface area contributed by atoms with E-state index in [-0.39, 0.29) is 10.5 Å². The SMILES string of the molecule is Cc1cc(F)c([N+](=O)[O-])cc1S(=O)(=O)N(C)CCC(C)C. The van der Waals surface area contributed by atoms with Gasteiger partial charge in [-0.25, -0.2) is 12.7 Å². The summed E-state index contributed by atoms with van der Waals surface area (Å²) in [4.78, 5) is 9.59. The molecule has 0 aliphatic heterocycles. The van der Waals surface area contributed by atoms with Gasteiger partial charge in [0.1, 0.15) is 0 Å². The van der Waals surface area contributed by atoms with Gasteiger partial charge < -0.3 is 0 Å². The van der Waals surface area contributed by atoms with Crippen LogP contribution in [0.1, 0.15) is 25.8 Å². The number of hydrogen-bond donors (Lipinski definition) is 0. The fraction of sp³-hybridized carbons (Fsp3) is 0.538. The molecule has 0 saturated heterocycles. The number of nitro benzene ring substituents is 1. The summed E-state index contributed by atoms with van der Waals surface area (Å²) in [7, 11) is -2.47. The Labute approximate surface area is 123 Å². The Kier molecular flexibility index (Phi) is 5.41. The normalized spacial score (nSPS) is 12.1. The smallest absolute Gasteiger partial charge is 0.258 e. The highest BCUT2D eigenvalue weighted by molar-refractivity contribution is 7.89. The lowest BCUT2D eigenvalue weighted by Crippen LogP contribution is -2.29. The van der Waals surface area contributed by atoms with Gasteiger partial charge in [0, 0.05) is 19.7 Å². The van der Waals surface area contributed by atoms with E-state index in [0.29, 0.717) is 18.9 Å². The zero-order valence-corrected chi connectivity index (χ0v) is 13.3. The van der Waals surface area contributed by atoms with E-state index in [9.17, 15) is 22.9 Å². The van der Waals surface area contributed by atoms with E-state index in [2.05, 4.69) is 0 Å². The number of nitrogens with zero attached hydrogens (tertiary/aromatic N) is 2. The molecular formula is C13H19FN2O4S. The maximum Gasteiger partial charge on any atom is 0.306 e. The summed E-state index contributed by atoms with van der Waals surface area (Å²) in [5.41, 5.74) is -0.689. The van der Waals surface area contributed by atoms with Crippen LogP contribution in [0.25, 0.3) is 0 Å². The van der Waals surface area contributed by atoms with Gasteiger partial charge in [-0.15, -0.1) is 0 Å². The molecule has 8 heteroatoms. The van der Waals surface area contributed by atoms with Gasteiger partial charge in [-0.2, -0.15) is 4.39 Å². The topological polar surface area (TPSA) is 80.5 Å². The number of sulfonamides is 1. The molecule has 0 aliphatic rings. The lowest BCUT2D eigenvalue weighted by molar-refractivity contribution is -0.387. The van der Waals surface area contributed by atoms with E-state index >= 15 is 0 Å².